The molecule has 1 saturated heterocycles. The molecule has 0 radical (unpaired) electrons. The van der Waals surface area contributed by atoms with Crippen LogP contribution in [0, 0.1) is 11.8 Å². The summed E-state index contributed by atoms with van der Waals surface area (Å²) in [6, 6.07) is 7.33. The summed E-state index contributed by atoms with van der Waals surface area (Å²) in [4.78, 5) is 38.3. The molecule has 6 nitrogen and oxygen atoms in total. The number of carboxylic acid groups (broad SMARTS) is 1. The highest BCUT2D eigenvalue weighted by molar-refractivity contribution is 9.10. The Morgan fingerprint density at radius 2 is 1.96 bits per heavy atom. The van der Waals surface area contributed by atoms with Crippen LogP contribution in [0.5, 0.6) is 0 Å². The maximum Gasteiger partial charge on any atom is 0.329 e. The van der Waals surface area contributed by atoms with Crippen molar-refractivity contribution < 1.29 is 19.5 Å². The smallest absolute Gasteiger partial charge is 0.329 e. The van der Waals surface area contributed by atoms with E-state index in [0.29, 0.717) is 13.0 Å². The van der Waals surface area contributed by atoms with Crippen LogP contribution in [0.2, 0.25) is 0 Å². The number of carbonyl (C=O) groups is 3. The zero-order valence-electron chi connectivity index (χ0n) is 13.3. The molecule has 1 aliphatic heterocycles. The summed E-state index contributed by atoms with van der Waals surface area (Å²) in [5.74, 6) is -2.73. The molecule has 2 atom stereocenters. The fourth-order valence-corrected chi connectivity index (χ4v) is 3.67. The van der Waals surface area contributed by atoms with Crippen LogP contribution < -0.4 is 10.2 Å². The molecule has 24 heavy (non-hydrogen) atoms. The molecule has 2 N–H and O–H groups in total. The van der Waals surface area contributed by atoms with Gasteiger partial charge in [-0.05, 0) is 60.2 Å². The number of rotatable bonds is 5. The summed E-state index contributed by atoms with van der Waals surface area (Å²) in [7, 11) is 0. The Morgan fingerprint density at radius 3 is 2.54 bits per heavy atom. The number of nitrogens with one attached hydrogen (secondary N) is 1. The van der Waals surface area contributed by atoms with Crippen LogP contribution in [0.1, 0.15) is 26.2 Å². The lowest BCUT2D eigenvalue weighted by molar-refractivity contribution is -0.149. The second kappa shape index (κ2) is 6.20. The first-order chi connectivity index (χ1) is 11.3. The summed E-state index contributed by atoms with van der Waals surface area (Å²) >= 11 is 3.41. The summed E-state index contributed by atoms with van der Waals surface area (Å²) in [6.45, 7) is 1.96. The van der Waals surface area contributed by atoms with Crippen molar-refractivity contribution in [1.29, 1.82) is 0 Å². The van der Waals surface area contributed by atoms with Crippen LogP contribution >= 0.6 is 15.9 Å². The Bertz CT molecular complexity index is 704. The minimum atomic E-state index is -1.29. The van der Waals surface area contributed by atoms with Crippen molar-refractivity contribution in [3.05, 3.63) is 28.7 Å². The molecule has 2 unspecified atom stereocenters. The van der Waals surface area contributed by atoms with E-state index < -0.39 is 23.3 Å². The molecule has 1 saturated carbocycles. The molecule has 2 amide bonds. The highest BCUT2D eigenvalue weighted by Gasteiger charge is 2.50. The van der Waals surface area contributed by atoms with E-state index in [1.54, 1.807) is 4.90 Å². The number of anilines is 1. The Balaban J connectivity index is 1.74. The van der Waals surface area contributed by atoms with E-state index in [4.69, 9.17) is 0 Å². The van der Waals surface area contributed by atoms with Crippen molar-refractivity contribution in [1.82, 2.24) is 5.32 Å². The molecule has 0 spiro atoms. The second-order valence-corrected chi connectivity index (χ2v) is 7.41. The normalized spacial score (nSPS) is 23.0. The van der Waals surface area contributed by atoms with Crippen LogP contribution in [-0.4, -0.2) is 35.0 Å². The molecule has 2 aliphatic rings. The van der Waals surface area contributed by atoms with Crippen LogP contribution in [0.15, 0.2) is 28.7 Å². The molecular formula is C17H19BrN2O4. The van der Waals surface area contributed by atoms with Gasteiger partial charge >= 0.3 is 5.97 Å². The van der Waals surface area contributed by atoms with Crippen molar-refractivity contribution in [2.45, 2.75) is 31.7 Å². The average molecular weight is 395 g/mol. The van der Waals surface area contributed by atoms with E-state index in [-0.39, 0.29) is 11.8 Å². The standard InChI is InChI=1S/C17H19BrN2O4/c1-17(16(23)24,10-6-7-10)19-14(21)11-8-9-20(15(11)22)13-5-3-2-4-12(13)18/h2-5,10-11H,6-9H2,1H3,(H,19,21)(H,23,24). The van der Waals surface area contributed by atoms with E-state index in [9.17, 15) is 19.5 Å². The highest BCUT2D eigenvalue weighted by atomic mass is 79.9. The second-order valence-electron chi connectivity index (χ2n) is 6.55. The zero-order chi connectivity index (χ0) is 17.5. The highest BCUT2D eigenvalue weighted by Crippen LogP contribution is 2.40. The summed E-state index contributed by atoms with van der Waals surface area (Å²) in [5.41, 5.74) is -0.570. The van der Waals surface area contributed by atoms with Gasteiger partial charge in [0.05, 0.1) is 5.69 Å². The minimum absolute atomic E-state index is 0.0603. The number of carbonyl (C=O) groups excluding carboxylic acids is 2. The molecule has 1 aromatic carbocycles. The lowest BCUT2D eigenvalue weighted by Crippen LogP contribution is -2.56. The number of carboxylic acids is 1. The lowest BCUT2D eigenvalue weighted by Gasteiger charge is -2.27. The molecule has 3 rings (SSSR count). The predicted molar refractivity (Wildman–Crippen MR) is 91.5 cm³/mol. The van der Waals surface area contributed by atoms with Gasteiger partial charge in [-0.25, -0.2) is 4.79 Å². The van der Waals surface area contributed by atoms with Gasteiger partial charge in [-0.2, -0.15) is 0 Å². The first-order valence-electron chi connectivity index (χ1n) is 7.96. The first-order valence-corrected chi connectivity index (χ1v) is 8.75. The molecule has 7 heteroatoms. The van der Waals surface area contributed by atoms with Crippen LogP contribution in [0.3, 0.4) is 0 Å². The third-order valence-corrected chi connectivity index (χ3v) is 5.56. The molecule has 128 valence electrons. The third kappa shape index (κ3) is 2.92. The van der Waals surface area contributed by atoms with Gasteiger partial charge in [0.25, 0.3) is 0 Å². The number of halogens is 1. The quantitative estimate of drug-likeness (QED) is 0.749. The fourth-order valence-electron chi connectivity index (χ4n) is 3.17. The molecule has 2 fully saturated rings. The number of nitrogens with zero attached hydrogens (tertiary/aromatic N) is 1. The van der Waals surface area contributed by atoms with Gasteiger partial charge < -0.3 is 15.3 Å². The van der Waals surface area contributed by atoms with E-state index in [1.807, 2.05) is 24.3 Å². The Morgan fingerprint density at radius 1 is 1.29 bits per heavy atom. The largest absolute Gasteiger partial charge is 0.480 e. The van der Waals surface area contributed by atoms with Crippen molar-refractivity contribution in [3.63, 3.8) is 0 Å². The molecule has 1 aliphatic carbocycles. The van der Waals surface area contributed by atoms with Gasteiger partial charge in [0, 0.05) is 11.0 Å². The summed E-state index contributed by atoms with van der Waals surface area (Å²) in [6.07, 6.45) is 1.95. The summed E-state index contributed by atoms with van der Waals surface area (Å²) < 4.78 is 0.785. The van der Waals surface area contributed by atoms with Gasteiger partial charge in [0.15, 0.2) is 0 Å². The molecule has 0 bridgehead atoms. The Kier molecular flexibility index (Phi) is 4.38. The minimum Gasteiger partial charge on any atom is -0.480 e. The number of hydrogen-bond donors (Lipinski definition) is 2. The molecule has 1 heterocycles. The van der Waals surface area contributed by atoms with Gasteiger partial charge in [-0.1, -0.05) is 12.1 Å². The van der Waals surface area contributed by atoms with E-state index in [1.165, 1.54) is 6.92 Å². The van der Waals surface area contributed by atoms with Gasteiger partial charge in [0.1, 0.15) is 11.5 Å². The van der Waals surface area contributed by atoms with Gasteiger partial charge in [0.2, 0.25) is 11.8 Å². The number of aliphatic carboxylic acids is 1. The number of amides is 2. The number of benzene rings is 1. The molecular weight excluding hydrogens is 376 g/mol. The van der Waals surface area contributed by atoms with Gasteiger partial charge in [-0.15, -0.1) is 0 Å². The first kappa shape index (κ1) is 17.0. The predicted octanol–water partition coefficient (Wildman–Crippen LogP) is 2.17. The molecule has 0 aromatic heterocycles. The van der Waals surface area contributed by atoms with E-state index >= 15 is 0 Å². The van der Waals surface area contributed by atoms with Crippen LogP contribution in [0.4, 0.5) is 5.69 Å². The monoisotopic (exact) mass is 394 g/mol. The lowest BCUT2D eigenvalue weighted by atomic mass is 9.94. The van der Waals surface area contributed by atoms with Crippen molar-refractivity contribution in [3.8, 4) is 0 Å². The molecule has 1 aromatic rings. The summed E-state index contributed by atoms with van der Waals surface area (Å²) in [5, 5.41) is 12.1. The topological polar surface area (TPSA) is 86.7 Å². The van der Waals surface area contributed by atoms with Crippen LogP contribution in [0.25, 0.3) is 0 Å². The van der Waals surface area contributed by atoms with E-state index in [0.717, 1.165) is 23.0 Å². The van der Waals surface area contributed by atoms with Crippen molar-refractivity contribution >= 4 is 39.4 Å². The SMILES string of the molecule is CC(NC(=O)C1CCN(c2ccccc2Br)C1=O)(C(=O)O)C1CC1. The number of para-hydroxylation sites is 1. The fraction of sp³-hybridized carbons (Fsp3) is 0.471. The zero-order valence-corrected chi connectivity index (χ0v) is 14.9. The van der Waals surface area contributed by atoms with Gasteiger partial charge in [-0.3, -0.25) is 9.59 Å². The maximum atomic E-state index is 12.6. The number of hydrogen-bond acceptors (Lipinski definition) is 3. The van der Waals surface area contributed by atoms with Crippen molar-refractivity contribution in [2.75, 3.05) is 11.4 Å². The average Bonchev–Trinajstić information content (AvgIpc) is 3.31. The van der Waals surface area contributed by atoms with E-state index in [2.05, 4.69) is 21.2 Å². The Hall–Kier alpha value is -1.89. The Labute approximate surface area is 148 Å². The van der Waals surface area contributed by atoms with Crippen molar-refractivity contribution in [2.24, 2.45) is 11.8 Å². The third-order valence-electron chi connectivity index (χ3n) is 4.89. The maximum absolute atomic E-state index is 12.6. The van der Waals surface area contributed by atoms with Crippen LogP contribution in [-0.2, 0) is 14.4 Å².